The van der Waals surface area contributed by atoms with Crippen LogP contribution < -0.4 is 5.32 Å². The summed E-state index contributed by atoms with van der Waals surface area (Å²) in [6, 6.07) is 18.8. The van der Waals surface area contributed by atoms with Gasteiger partial charge in [0.1, 0.15) is 11.0 Å². The van der Waals surface area contributed by atoms with E-state index in [4.69, 9.17) is 0 Å². The third-order valence-corrected chi connectivity index (χ3v) is 6.67. The lowest BCUT2D eigenvalue weighted by molar-refractivity contribution is -0.124. The van der Waals surface area contributed by atoms with Crippen LogP contribution in [0.1, 0.15) is 16.1 Å². The van der Waals surface area contributed by atoms with E-state index in [2.05, 4.69) is 10.3 Å². The molecule has 0 aliphatic carbocycles. The fourth-order valence-corrected chi connectivity index (χ4v) is 5.19. The highest BCUT2D eigenvalue weighted by Gasteiger charge is 2.34. The smallest absolute Gasteiger partial charge is 0.255 e. The molecule has 2 amide bonds. The molecule has 0 spiro atoms. The molecule has 1 aliphatic heterocycles. The van der Waals surface area contributed by atoms with Gasteiger partial charge < -0.3 is 10.2 Å². The number of amides is 2. The molecule has 1 saturated heterocycles. The van der Waals surface area contributed by atoms with Crippen molar-refractivity contribution in [1.82, 2.24) is 15.2 Å². The van der Waals surface area contributed by atoms with E-state index in [-0.39, 0.29) is 11.8 Å². The van der Waals surface area contributed by atoms with Crippen LogP contribution in [0.4, 0.5) is 0 Å². The van der Waals surface area contributed by atoms with Crippen LogP contribution in [-0.4, -0.2) is 45.9 Å². The Morgan fingerprint density at radius 2 is 1.79 bits per heavy atom. The third-order valence-electron chi connectivity index (χ3n) is 4.72. The molecule has 4 rings (SSSR count). The Labute approximate surface area is 178 Å². The molecule has 0 bridgehead atoms. The quantitative estimate of drug-likeness (QED) is 0.657. The minimum atomic E-state index is -0.428. The maximum Gasteiger partial charge on any atom is 0.255 e. The fraction of sp³-hybridized carbons (Fsp3) is 0.227. The number of rotatable bonds is 6. The van der Waals surface area contributed by atoms with Crippen molar-refractivity contribution in [1.29, 1.82) is 0 Å². The molecular formula is C22H21N3O2S2. The van der Waals surface area contributed by atoms with Gasteiger partial charge >= 0.3 is 0 Å². The van der Waals surface area contributed by atoms with Gasteiger partial charge in [0.15, 0.2) is 0 Å². The summed E-state index contributed by atoms with van der Waals surface area (Å²) in [6.07, 6.45) is 0.668. The molecule has 3 aromatic rings. The Bertz CT molecular complexity index is 976. The molecule has 0 radical (unpaired) electrons. The predicted molar refractivity (Wildman–Crippen MR) is 118 cm³/mol. The molecular weight excluding hydrogens is 402 g/mol. The van der Waals surface area contributed by atoms with Gasteiger partial charge in [0.25, 0.3) is 5.91 Å². The highest BCUT2D eigenvalue weighted by Crippen LogP contribution is 2.24. The standard InChI is InChI=1S/C22H21N3O2S2/c26-20(19-14-28-15-25(19)22(27)17-9-5-2-6-10-17)23-12-11-18-13-29-21(24-18)16-7-3-1-4-8-16/h1-10,13,19H,11-12,14-15H2,(H,23,26). The molecule has 1 N–H and O–H groups in total. The lowest BCUT2D eigenvalue weighted by atomic mass is 10.1. The van der Waals surface area contributed by atoms with Crippen LogP contribution in [0.25, 0.3) is 10.6 Å². The second-order valence-corrected chi connectivity index (χ2v) is 8.57. The Balaban J connectivity index is 1.31. The first-order valence-electron chi connectivity index (χ1n) is 9.43. The zero-order valence-corrected chi connectivity index (χ0v) is 17.4. The van der Waals surface area contributed by atoms with E-state index < -0.39 is 6.04 Å². The van der Waals surface area contributed by atoms with Crippen molar-refractivity contribution in [2.24, 2.45) is 0 Å². The number of hydrogen-bond acceptors (Lipinski definition) is 5. The third kappa shape index (κ3) is 4.68. The SMILES string of the molecule is O=C(NCCc1csc(-c2ccccc2)n1)C1CSCN1C(=O)c1ccccc1. The normalized spacial score (nSPS) is 16.0. The van der Waals surface area contributed by atoms with Crippen LogP contribution in [0.5, 0.6) is 0 Å². The minimum absolute atomic E-state index is 0.0947. The molecule has 2 heterocycles. The second-order valence-electron chi connectivity index (χ2n) is 6.71. The topological polar surface area (TPSA) is 62.3 Å². The molecule has 29 heavy (non-hydrogen) atoms. The first kappa shape index (κ1) is 19.7. The summed E-state index contributed by atoms with van der Waals surface area (Å²) < 4.78 is 0. The maximum absolute atomic E-state index is 12.7. The molecule has 2 aromatic carbocycles. The minimum Gasteiger partial charge on any atom is -0.354 e. The average molecular weight is 424 g/mol. The molecule has 148 valence electrons. The van der Waals surface area contributed by atoms with Crippen LogP contribution in [-0.2, 0) is 11.2 Å². The van der Waals surface area contributed by atoms with E-state index in [1.165, 1.54) is 0 Å². The van der Waals surface area contributed by atoms with Gasteiger partial charge in [-0.2, -0.15) is 0 Å². The Morgan fingerprint density at radius 3 is 2.55 bits per heavy atom. The van der Waals surface area contributed by atoms with E-state index in [0.717, 1.165) is 16.3 Å². The van der Waals surface area contributed by atoms with Gasteiger partial charge in [-0.05, 0) is 12.1 Å². The zero-order valence-electron chi connectivity index (χ0n) is 15.8. The number of aromatic nitrogens is 1. The monoisotopic (exact) mass is 423 g/mol. The molecule has 7 heteroatoms. The Morgan fingerprint density at radius 1 is 1.07 bits per heavy atom. The summed E-state index contributed by atoms with van der Waals surface area (Å²) in [4.78, 5) is 31.7. The molecule has 1 aromatic heterocycles. The van der Waals surface area contributed by atoms with Gasteiger partial charge in [-0.25, -0.2) is 4.98 Å². The molecule has 1 fully saturated rings. The number of benzene rings is 2. The number of nitrogens with one attached hydrogen (secondary N) is 1. The van der Waals surface area contributed by atoms with Crippen molar-refractivity contribution in [2.75, 3.05) is 18.2 Å². The van der Waals surface area contributed by atoms with Gasteiger partial charge in [0, 0.05) is 35.2 Å². The number of carbonyl (C=O) groups is 2. The molecule has 5 nitrogen and oxygen atoms in total. The number of thioether (sulfide) groups is 1. The fourth-order valence-electron chi connectivity index (χ4n) is 3.17. The summed E-state index contributed by atoms with van der Waals surface area (Å²) >= 11 is 3.21. The van der Waals surface area contributed by atoms with Crippen LogP contribution >= 0.6 is 23.1 Å². The molecule has 1 unspecified atom stereocenters. The van der Waals surface area contributed by atoms with Crippen LogP contribution in [0.15, 0.2) is 66.0 Å². The summed E-state index contributed by atoms with van der Waals surface area (Å²) in [5, 5.41) is 5.99. The Kier molecular flexibility index (Phi) is 6.27. The van der Waals surface area contributed by atoms with Crippen LogP contribution in [0.3, 0.4) is 0 Å². The number of carbonyl (C=O) groups excluding carboxylic acids is 2. The van der Waals surface area contributed by atoms with Gasteiger partial charge in [0.2, 0.25) is 5.91 Å². The highest BCUT2D eigenvalue weighted by molar-refractivity contribution is 7.99. The van der Waals surface area contributed by atoms with E-state index in [1.807, 2.05) is 53.9 Å². The lowest BCUT2D eigenvalue weighted by Gasteiger charge is -2.23. The number of thiazole rings is 1. The predicted octanol–water partition coefficient (Wildman–Crippen LogP) is 3.68. The van der Waals surface area contributed by atoms with Crippen LogP contribution in [0.2, 0.25) is 0 Å². The van der Waals surface area contributed by atoms with Gasteiger partial charge in [0.05, 0.1) is 11.6 Å². The largest absolute Gasteiger partial charge is 0.354 e. The van der Waals surface area contributed by atoms with Gasteiger partial charge in [-0.3, -0.25) is 9.59 Å². The van der Waals surface area contributed by atoms with Crippen molar-refractivity contribution in [3.05, 3.63) is 77.3 Å². The Hall–Kier alpha value is -2.64. The summed E-state index contributed by atoms with van der Waals surface area (Å²) in [7, 11) is 0. The first-order valence-corrected chi connectivity index (χ1v) is 11.5. The second kappa shape index (κ2) is 9.24. The number of nitrogens with zero attached hydrogens (tertiary/aromatic N) is 2. The van der Waals surface area contributed by atoms with Gasteiger partial charge in [-0.1, -0.05) is 48.5 Å². The van der Waals surface area contributed by atoms with Crippen molar-refractivity contribution in [3.63, 3.8) is 0 Å². The molecule has 1 aliphatic rings. The van der Waals surface area contributed by atoms with E-state index >= 15 is 0 Å². The maximum atomic E-state index is 12.7. The van der Waals surface area contributed by atoms with Crippen LogP contribution in [0, 0.1) is 0 Å². The first-order chi connectivity index (χ1) is 14.2. The molecule has 1 atom stereocenters. The summed E-state index contributed by atoms with van der Waals surface area (Å²) in [5.41, 5.74) is 2.68. The van der Waals surface area contributed by atoms with Crippen molar-refractivity contribution < 1.29 is 9.59 Å². The highest BCUT2D eigenvalue weighted by atomic mass is 32.2. The van der Waals surface area contributed by atoms with E-state index in [1.54, 1.807) is 40.1 Å². The average Bonchev–Trinajstić information content (AvgIpc) is 3.44. The lowest BCUT2D eigenvalue weighted by Crippen LogP contribution is -2.47. The summed E-state index contributed by atoms with van der Waals surface area (Å²) in [6.45, 7) is 0.505. The van der Waals surface area contributed by atoms with Crippen molar-refractivity contribution in [3.8, 4) is 10.6 Å². The van der Waals surface area contributed by atoms with Crippen molar-refractivity contribution in [2.45, 2.75) is 12.5 Å². The zero-order chi connectivity index (χ0) is 20.1. The van der Waals surface area contributed by atoms with E-state index in [9.17, 15) is 9.59 Å². The van der Waals surface area contributed by atoms with Gasteiger partial charge in [-0.15, -0.1) is 23.1 Å². The number of hydrogen-bond donors (Lipinski definition) is 1. The molecule has 0 saturated carbocycles. The van der Waals surface area contributed by atoms with Crippen molar-refractivity contribution >= 4 is 34.9 Å². The summed E-state index contributed by atoms with van der Waals surface area (Å²) in [5.74, 6) is 0.970. The van der Waals surface area contributed by atoms with E-state index in [0.29, 0.717) is 30.2 Å².